The second kappa shape index (κ2) is 12.6. The average Bonchev–Trinajstić information content (AvgIpc) is 2.85. The molecule has 4 aromatic carbocycles. The zero-order valence-corrected chi connectivity index (χ0v) is 25.4. The molecule has 39 heavy (non-hydrogen) atoms. The van der Waals surface area contributed by atoms with Crippen LogP contribution in [-0.2, 0) is 10.1 Å². The normalized spacial score (nSPS) is 11.4. The molecule has 0 spiro atoms. The van der Waals surface area contributed by atoms with Gasteiger partial charge in [0, 0.05) is 16.0 Å². The van der Waals surface area contributed by atoms with Crippen LogP contribution in [-0.4, -0.2) is 25.5 Å². The average molecular weight is 596 g/mol. The van der Waals surface area contributed by atoms with E-state index < -0.39 is 26.7 Å². The summed E-state index contributed by atoms with van der Waals surface area (Å²) in [6, 6.07) is 15.5. The molecule has 0 aliphatic carbocycles. The molecule has 4 aromatic rings. The number of carbonyl (C=O) groups is 1. The first-order valence-corrected chi connectivity index (χ1v) is 13.3. The van der Waals surface area contributed by atoms with Gasteiger partial charge in [0.25, 0.3) is 16.0 Å². The third-order valence-corrected chi connectivity index (χ3v) is 7.03. The molecule has 13 heteroatoms. The van der Waals surface area contributed by atoms with E-state index in [4.69, 9.17) is 27.9 Å². The zero-order valence-electron chi connectivity index (χ0n) is 21.0. The molecule has 0 saturated heterocycles. The minimum absolute atomic E-state index is 0. The minimum atomic E-state index is -4.63. The smallest absolute Gasteiger partial charge is 0.870 e. The van der Waals surface area contributed by atoms with Gasteiger partial charge in [0.05, 0.1) is 23.0 Å². The summed E-state index contributed by atoms with van der Waals surface area (Å²) in [5.41, 5.74) is 0.259. The molecule has 9 nitrogen and oxygen atoms in total. The Bertz CT molecular complexity index is 1710. The Morgan fingerprint density at radius 1 is 1.08 bits per heavy atom. The first-order valence-electron chi connectivity index (χ1n) is 11.2. The predicted molar refractivity (Wildman–Crippen MR) is 144 cm³/mol. The maximum absolute atomic E-state index is 13.5. The Morgan fingerprint density at radius 2 is 1.79 bits per heavy atom. The number of benzene rings is 4. The van der Waals surface area contributed by atoms with Crippen molar-refractivity contribution in [3.05, 3.63) is 81.8 Å². The van der Waals surface area contributed by atoms with Gasteiger partial charge in [-0.2, -0.15) is 13.5 Å². The molecule has 0 aromatic heterocycles. The second-order valence-electron chi connectivity index (χ2n) is 8.12. The first-order chi connectivity index (χ1) is 18.0. The van der Waals surface area contributed by atoms with Gasteiger partial charge in [-0.15, -0.1) is 5.11 Å². The molecule has 0 saturated carbocycles. The van der Waals surface area contributed by atoms with Gasteiger partial charge in [-0.3, -0.25) is 9.35 Å². The Hall–Kier alpha value is -2.70. The number of hydrogen-bond donors (Lipinski definition) is 2. The van der Waals surface area contributed by atoms with E-state index in [1.54, 1.807) is 50.2 Å². The van der Waals surface area contributed by atoms with Crippen LogP contribution in [0, 0.1) is 6.92 Å². The quantitative estimate of drug-likeness (QED) is 0.189. The number of rotatable bonds is 7. The number of nitrogens with one attached hydrogen (secondary N) is 1. The molecular weight excluding hydrogens is 576 g/mol. The molecule has 0 aliphatic rings. The van der Waals surface area contributed by atoms with E-state index >= 15 is 0 Å². The fraction of sp³-hybridized carbons (Fsp3) is 0.115. The third kappa shape index (κ3) is 6.90. The van der Waals surface area contributed by atoms with E-state index in [9.17, 15) is 22.9 Å². The van der Waals surface area contributed by atoms with E-state index in [1.165, 1.54) is 24.3 Å². The number of hydrogen-bond acceptors (Lipinski definition) is 7. The fourth-order valence-corrected chi connectivity index (χ4v) is 5.01. The summed E-state index contributed by atoms with van der Waals surface area (Å²) in [7, 11) is -4.63. The Labute approximate surface area is 256 Å². The Kier molecular flexibility index (Phi) is 10.0. The van der Waals surface area contributed by atoms with E-state index in [1.807, 2.05) is 0 Å². The van der Waals surface area contributed by atoms with Crippen LogP contribution >= 0.6 is 23.2 Å². The van der Waals surface area contributed by atoms with Gasteiger partial charge in [-0.25, -0.2) is 0 Å². The number of nitrogens with zero attached hydrogens (tertiary/aromatic N) is 2. The van der Waals surface area contributed by atoms with Crippen molar-refractivity contribution in [2.45, 2.75) is 18.7 Å². The summed E-state index contributed by atoms with van der Waals surface area (Å²) in [4.78, 5) is 12.7. The Balaban J connectivity index is 0.00000420. The number of ether oxygens (including phenoxy) is 1. The predicted octanol–water partition coefficient (Wildman–Crippen LogP) is 3.85. The molecule has 0 heterocycles. The van der Waals surface area contributed by atoms with Crippen LogP contribution in [0.15, 0.2) is 75.8 Å². The summed E-state index contributed by atoms with van der Waals surface area (Å²) in [6.07, 6.45) is 0. The van der Waals surface area contributed by atoms with Crippen LogP contribution in [0.5, 0.6) is 11.5 Å². The van der Waals surface area contributed by atoms with Gasteiger partial charge >= 0.3 is 29.6 Å². The van der Waals surface area contributed by atoms with Crippen LogP contribution in [0.1, 0.15) is 22.8 Å². The molecule has 0 atom stereocenters. The van der Waals surface area contributed by atoms with Crippen LogP contribution in [0.3, 0.4) is 0 Å². The van der Waals surface area contributed by atoms with Gasteiger partial charge in [0.1, 0.15) is 16.3 Å². The molecular formula is C26H20Cl2N3NaO6S. The Morgan fingerprint density at radius 3 is 2.49 bits per heavy atom. The number of halogens is 2. The van der Waals surface area contributed by atoms with Crippen molar-refractivity contribution >= 4 is 67.1 Å². The van der Waals surface area contributed by atoms with E-state index in [0.717, 1.165) is 0 Å². The summed E-state index contributed by atoms with van der Waals surface area (Å²) in [6.45, 7) is 3.71. The van der Waals surface area contributed by atoms with Crippen LogP contribution in [0.4, 0.5) is 17.1 Å². The maximum atomic E-state index is 13.5. The number of aryl methyl sites for hydroxylation is 1. The van der Waals surface area contributed by atoms with E-state index in [2.05, 4.69) is 15.5 Å². The van der Waals surface area contributed by atoms with Crippen LogP contribution < -0.4 is 44.7 Å². The van der Waals surface area contributed by atoms with Gasteiger partial charge in [-0.05, 0) is 61.2 Å². The number of fused-ring (bicyclic) bond motifs is 1. The SMILES string of the molecule is CCOc1ccc(Cl)cc1NC(=O)c1cc2ccccc2c(N=Nc2cc(C)cc(S(=O)(=O)O)c2Cl)c1[O-].[Na+]. The van der Waals surface area contributed by atoms with Crippen molar-refractivity contribution in [1.82, 2.24) is 0 Å². The molecule has 4 rings (SSSR count). The van der Waals surface area contributed by atoms with Crippen molar-refractivity contribution in [3.63, 3.8) is 0 Å². The number of anilines is 1. The van der Waals surface area contributed by atoms with Crippen molar-refractivity contribution in [2.24, 2.45) is 10.2 Å². The maximum Gasteiger partial charge on any atom is 1.00 e. The van der Waals surface area contributed by atoms with Gasteiger partial charge in [0.15, 0.2) is 0 Å². The van der Waals surface area contributed by atoms with E-state index in [0.29, 0.717) is 33.7 Å². The monoisotopic (exact) mass is 595 g/mol. The summed E-state index contributed by atoms with van der Waals surface area (Å²) in [5.74, 6) is -1.06. The van der Waals surface area contributed by atoms with Crippen molar-refractivity contribution in [3.8, 4) is 11.5 Å². The number of amides is 1. The largest absolute Gasteiger partial charge is 1.00 e. The topological polar surface area (TPSA) is 140 Å². The number of carbonyl (C=O) groups excluding carboxylic acids is 1. The van der Waals surface area contributed by atoms with Crippen LogP contribution in [0.25, 0.3) is 10.8 Å². The fourth-order valence-electron chi connectivity index (χ4n) is 3.73. The molecule has 0 bridgehead atoms. The van der Waals surface area contributed by atoms with Crippen LogP contribution in [0.2, 0.25) is 10.0 Å². The molecule has 0 radical (unpaired) electrons. The van der Waals surface area contributed by atoms with E-state index in [-0.39, 0.29) is 57.2 Å². The molecule has 0 aliphatic heterocycles. The zero-order chi connectivity index (χ0) is 27.6. The van der Waals surface area contributed by atoms with Gasteiger partial charge < -0.3 is 15.2 Å². The van der Waals surface area contributed by atoms with Crippen molar-refractivity contribution in [1.29, 1.82) is 0 Å². The summed E-state index contributed by atoms with van der Waals surface area (Å²) < 4.78 is 38.4. The molecule has 1 amide bonds. The molecule has 0 unspecified atom stereocenters. The second-order valence-corrected chi connectivity index (χ2v) is 10.3. The third-order valence-electron chi connectivity index (χ3n) is 5.41. The minimum Gasteiger partial charge on any atom is -0.870 e. The van der Waals surface area contributed by atoms with Crippen molar-refractivity contribution < 1.29 is 57.2 Å². The first kappa shape index (κ1) is 30.8. The molecule has 0 fully saturated rings. The standard InChI is InChI=1S/C26H21Cl2N3O6S.Na/c1-3-37-21-9-8-16(27)13-19(21)29-26(33)18-12-15-6-4-5-7-17(15)24(25(18)32)31-30-20-10-14(2)11-22(23(20)28)38(34,35)36;/h4-13,32H,3H2,1-2H3,(H,29,33)(H,34,35,36);/q;+1/p-1. The summed E-state index contributed by atoms with van der Waals surface area (Å²) >= 11 is 12.2. The van der Waals surface area contributed by atoms with Gasteiger partial charge in [-0.1, -0.05) is 53.2 Å². The summed E-state index contributed by atoms with van der Waals surface area (Å²) in [5, 5.41) is 25.1. The number of azo groups is 1. The molecule has 196 valence electrons. The van der Waals surface area contributed by atoms with Gasteiger partial charge in [0.2, 0.25) is 0 Å². The molecule has 2 N–H and O–H groups in total. The van der Waals surface area contributed by atoms with Crippen molar-refractivity contribution in [2.75, 3.05) is 11.9 Å².